The zero-order valence-corrected chi connectivity index (χ0v) is 14.1. The van der Waals surface area contributed by atoms with Gasteiger partial charge >= 0.3 is 0 Å². The summed E-state index contributed by atoms with van der Waals surface area (Å²) < 4.78 is 7.91. The van der Waals surface area contributed by atoms with Crippen LogP contribution in [-0.4, -0.2) is 22.3 Å². The highest BCUT2D eigenvalue weighted by molar-refractivity contribution is 4.74. The number of ether oxygens (including phenoxy) is 1. The quantitative estimate of drug-likeness (QED) is 0.440. The summed E-state index contributed by atoms with van der Waals surface area (Å²) >= 11 is 0. The molecule has 0 aliphatic rings. The van der Waals surface area contributed by atoms with Gasteiger partial charge in [0.1, 0.15) is 0 Å². The molecular weight excluding hydrogens is 260 g/mol. The molecule has 21 heavy (non-hydrogen) atoms. The first-order chi connectivity index (χ1) is 10.3. The molecule has 1 atom stereocenters. The fourth-order valence-electron chi connectivity index (χ4n) is 2.62. The molecule has 0 saturated carbocycles. The lowest BCUT2D eigenvalue weighted by molar-refractivity contribution is 0.0516. The molecule has 0 N–H and O–H groups in total. The predicted molar refractivity (Wildman–Crippen MR) is 89.5 cm³/mol. The van der Waals surface area contributed by atoms with Crippen LogP contribution >= 0.6 is 0 Å². The van der Waals surface area contributed by atoms with Crippen LogP contribution in [0.25, 0.3) is 0 Å². The summed E-state index contributed by atoms with van der Waals surface area (Å²) in [7, 11) is 0. The number of imidazole rings is 1. The van der Waals surface area contributed by atoms with Crippen molar-refractivity contribution in [2.24, 2.45) is 0 Å². The van der Waals surface area contributed by atoms with Crippen LogP contribution in [0.15, 0.2) is 18.7 Å². The molecule has 0 aliphatic carbocycles. The number of hydrogen-bond acceptors (Lipinski definition) is 2. The molecule has 1 aromatic heterocycles. The number of unbranched alkanes of at least 4 members (excludes halogenated alkanes) is 9. The minimum Gasteiger partial charge on any atom is -0.377 e. The first-order valence-electron chi connectivity index (χ1n) is 8.90. The van der Waals surface area contributed by atoms with Crippen LogP contribution in [0.5, 0.6) is 0 Å². The van der Waals surface area contributed by atoms with E-state index in [0.29, 0.717) is 0 Å². The van der Waals surface area contributed by atoms with Crippen molar-refractivity contribution in [1.82, 2.24) is 9.55 Å². The van der Waals surface area contributed by atoms with E-state index in [1.54, 1.807) is 0 Å². The second kappa shape index (κ2) is 12.9. The maximum absolute atomic E-state index is 5.84. The first-order valence-corrected chi connectivity index (χ1v) is 8.90. The van der Waals surface area contributed by atoms with Gasteiger partial charge in [0, 0.05) is 25.5 Å². The molecule has 0 fully saturated rings. The average Bonchev–Trinajstić information content (AvgIpc) is 2.97. The Morgan fingerprint density at radius 1 is 0.952 bits per heavy atom. The number of aromatic nitrogens is 2. The molecular formula is C18H34N2O. The Morgan fingerprint density at radius 3 is 2.14 bits per heavy atom. The van der Waals surface area contributed by atoms with Crippen molar-refractivity contribution in [2.45, 2.75) is 90.7 Å². The lowest BCUT2D eigenvalue weighted by Gasteiger charge is -2.13. The highest BCUT2D eigenvalue weighted by Crippen LogP contribution is 2.10. The Labute approximate surface area is 131 Å². The maximum atomic E-state index is 5.84. The van der Waals surface area contributed by atoms with Crippen molar-refractivity contribution in [3.8, 4) is 0 Å². The molecule has 1 aromatic rings. The zero-order chi connectivity index (χ0) is 15.2. The van der Waals surface area contributed by atoms with Gasteiger partial charge in [-0.2, -0.15) is 0 Å². The smallest absolute Gasteiger partial charge is 0.0946 e. The van der Waals surface area contributed by atoms with Crippen molar-refractivity contribution in [2.75, 3.05) is 6.61 Å². The summed E-state index contributed by atoms with van der Waals surface area (Å²) in [6, 6.07) is 0. The SMILES string of the molecule is CCCCCCCCCCCCOC(C)Cn1ccnc1. The standard InChI is InChI=1S/C18H34N2O/c1-3-4-5-6-7-8-9-10-11-12-15-21-18(2)16-20-14-13-19-17-20/h13-14,17-18H,3-12,15-16H2,1-2H3. The van der Waals surface area contributed by atoms with Crippen LogP contribution in [0, 0.1) is 0 Å². The van der Waals surface area contributed by atoms with Crippen LogP contribution < -0.4 is 0 Å². The second-order valence-electron chi connectivity index (χ2n) is 6.12. The monoisotopic (exact) mass is 294 g/mol. The van der Waals surface area contributed by atoms with Crippen molar-refractivity contribution >= 4 is 0 Å². The van der Waals surface area contributed by atoms with Gasteiger partial charge in [0.25, 0.3) is 0 Å². The fraction of sp³-hybridized carbons (Fsp3) is 0.833. The lowest BCUT2D eigenvalue weighted by Crippen LogP contribution is -2.16. The molecule has 1 heterocycles. The van der Waals surface area contributed by atoms with E-state index in [1.807, 2.05) is 18.7 Å². The van der Waals surface area contributed by atoms with Crippen LogP contribution in [0.3, 0.4) is 0 Å². The van der Waals surface area contributed by atoms with Crippen molar-refractivity contribution in [3.63, 3.8) is 0 Å². The van der Waals surface area contributed by atoms with Crippen LogP contribution in [-0.2, 0) is 11.3 Å². The average molecular weight is 294 g/mol. The van der Waals surface area contributed by atoms with E-state index in [1.165, 1.54) is 64.2 Å². The minimum atomic E-state index is 0.276. The first kappa shape index (κ1) is 18.2. The minimum absolute atomic E-state index is 0.276. The molecule has 0 spiro atoms. The van der Waals surface area contributed by atoms with Crippen LogP contribution in [0.2, 0.25) is 0 Å². The van der Waals surface area contributed by atoms with E-state index in [2.05, 4.69) is 23.4 Å². The highest BCUT2D eigenvalue weighted by atomic mass is 16.5. The Kier molecular flexibility index (Phi) is 11.2. The third kappa shape index (κ3) is 10.5. The molecule has 0 aliphatic heterocycles. The van der Waals surface area contributed by atoms with E-state index in [-0.39, 0.29) is 6.10 Å². The molecule has 122 valence electrons. The van der Waals surface area contributed by atoms with Crippen LogP contribution in [0.1, 0.15) is 78.1 Å². The summed E-state index contributed by atoms with van der Waals surface area (Å²) in [6.07, 6.45) is 19.7. The van der Waals surface area contributed by atoms with Gasteiger partial charge in [-0.1, -0.05) is 64.7 Å². The van der Waals surface area contributed by atoms with Gasteiger partial charge < -0.3 is 9.30 Å². The second-order valence-corrected chi connectivity index (χ2v) is 6.12. The highest BCUT2D eigenvalue weighted by Gasteiger charge is 2.02. The predicted octanol–water partition coefficient (Wildman–Crippen LogP) is 5.21. The van der Waals surface area contributed by atoms with Crippen LogP contribution in [0.4, 0.5) is 0 Å². The van der Waals surface area contributed by atoms with Gasteiger partial charge in [-0.3, -0.25) is 0 Å². The molecule has 0 aromatic carbocycles. The molecule has 0 bridgehead atoms. The fourth-order valence-corrected chi connectivity index (χ4v) is 2.62. The number of hydrogen-bond donors (Lipinski definition) is 0. The molecule has 0 radical (unpaired) electrons. The van der Waals surface area contributed by atoms with Gasteiger partial charge in [0.15, 0.2) is 0 Å². The van der Waals surface area contributed by atoms with Gasteiger partial charge in [-0.15, -0.1) is 0 Å². The van der Waals surface area contributed by atoms with E-state index in [4.69, 9.17) is 4.74 Å². The molecule has 3 nitrogen and oxygen atoms in total. The largest absolute Gasteiger partial charge is 0.377 e. The topological polar surface area (TPSA) is 27.1 Å². The summed E-state index contributed by atoms with van der Waals surface area (Å²) in [6.45, 7) is 6.21. The summed E-state index contributed by atoms with van der Waals surface area (Å²) in [5.41, 5.74) is 0. The van der Waals surface area contributed by atoms with Crippen molar-refractivity contribution < 1.29 is 4.74 Å². The number of nitrogens with zero attached hydrogens (tertiary/aromatic N) is 2. The van der Waals surface area contributed by atoms with Crippen molar-refractivity contribution in [1.29, 1.82) is 0 Å². The normalized spacial score (nSPS) is 12.7. The van der Waals surface area contributed by atoms with E-state index >= 15 is 0 Å². The third-order valence-corrected chi connectivity index (χ3v) is 3.93. The Morgan fingerprint density at radius 2 is 1.57 bits per heavy atom. The summed E-state index contributed by atoms with van der Waals surface area (Å²) in [5, 5.41) is 0. The van der Waals surface area contributed by atoms with Gasteiger partial charge in [-0.05, 0) is 13.3 Å². The zero-order valence-electron chi connectivity index (χ0n) is 14.1. The Bertz CT molecular complexity index is 311. The van der Waals surface area contributed by atoms with E-state index in [9.17, 15) is 0 Å². The Balaban J connectivity index is 1.80. The molecule has 3 heteroatoms. The van der Waals surface area contributed by atoms with E-state index in [0.717, 1.165) is 13.2 Å². The number of rotatable bonds is 14. The van der Waals surface area contributed by atoms with E-state index < -0.39 is 0 Å². The summed E-state index contributed by atoms with van der Waals surface area (Å²) in [5.74, 6) is 0. The van der Waals surface area contributed by atoms with Gasteiger partial charge in [0.2, 0.25) is 0 Å². The molecule has 1 unspecified atom stereocenters. The van der Waals surface area contributed by atoms with Crippen molar-refractivity contribution in [3.05, 3.63) is 18.7 Å². The molecule has 0 amide bonds. The third-order valence-electron chi connectivity index (χ3n) is 3.93. The Hall–Kier alpha value is -0.830. The molecule has 0 saturated heterocycles. The molecule has 1 rings (SSSR count). The van der Waals surface area contributed by atoms with Gasteiger partial charge in [0.05, 0.1) is 12.4 Å². The lowest BCUT2D eigenvalue weighted by atomic mass is 10.1. The summed E-state index contributed by atoms with van der Waals surface area (Å²) in [4.78, 5) is 4.04. The van der Waals surface area contributed by atoms with Gasteiger partial charge in [-0.25, -0.2) is 4.98 Å². The maximum Gasteiger partial charge on any atom is 0.0946 e.